The first-order valence-electron chi connectivity index (χ1n) is 12.9. The number of aromatic nitrogens is 5. The molecule has 5 heterocycles. The first-order chi connectivity index (χ1) is 18.7. The first-order valence-corrected chi connectivity index (χ1v) is 12.9. The smallest absolute Gasteiger partial charge is 0.378 e. The van der Waals surface area contributed by atoms with Gasteiger partial charge in [0.2, 0.25) is 5.95 Å². The van der Waals surface area contributed by atoms with Gasteiger partial charge in [-0.25, -0.2) is 19.3 Å². The molecule has 0 aromatic carbocycles. The highest BCUT2D eigenvalue weighted by Crippen LogP contribution is 2.35. The van der Waals surface area contributed by atoms with Crippen molar-refractivity contribution < 1.29 is 31.8 Å². The van der Waals surface area contributed by atoms with Crippen molar-refractivity contribution in [2.75, 3.05) is 37.0 Å². The number of pyridine rings is 1. The van der Waals surface area contributed by atoms with Crippen molar-refractivity contribution in [3.63, 3.8) is 0 Å². The molecule has 1 N–H and O–H groups in total. The average Bonchev–Trinajstić information content (AvgIpc) is 3.29. The Labute approximate surface area is 222 Å². The Morgan fingerprint density at radius 2 is 2.03 bits per heavy atom. The number of piperidine rings is 1. The van der Waals surface area contributed by atoms with E-state index in [-0.39, 0.29) is 30.3 Å². The Morgan fingerprint density at radius 3 is 2.74 bits per heavy atom. The lowest BCUT2D eigenvalue weighted by molar-refractivity contribution is -0.175. The lowest BCUT2D eigenvalue weighted by atomic mass is 10.1. The molecule has 3 aromatic rings. The summed E-state index contributed by atoms with van der Waals surface area (Å²) in [6, 6.07) is 1.25. The SMILES string of the molecule is COC1CCN(c2nccc(Nc3cc4c(cn3)nc(COC3CCCCO3)n4C(C)C(F)(F)F)n2)CC1F. The van der Waals surface area contributed by atoms with E-state index in [1.807, 2.05) is 0 Å². The molecule has 4 unspecified atom stereocenters. The minimum atomic E-state index is -4.51. The fraction of sp³-hybridized carbons (Fsp3) is 0.600. The molecule has 14 heteroatoms. The summed E-state index contributed by atoms with van der Waals surface area (Å²) in [6.07, 6.45) is -0.638. The zero-order chi connectivity index (χ0) is 27.6. The molecule has 0 saturated carbocycles. The number of nitrogens with zero attached hydrogens (tertiary/aromatic N) is 6. The largest absolute Gasteiger partial charge is 0.408 e. The zero-order valence-corrected chi connectivity index (χ0v) is 21.7. The van der Waals surface area contributed by atoms with E-state index in [0.717, 1.165) is 24.3 Å². The highest BCUT2D eigenvalue weighted by atomic mass is 19.4. The van der Waals surface area contributed by atoms with E-state index in [1.165, 1.54) is 25.6 Å². The van der Waals surface area contributed by atoms with Gasteiger partial charge in [-0.15, -0.1) is 0 Å². The molecule has 0 spiro atoms. The van der Waals surface area contributed by atoms with Crippen molar-refractivity contribution in [3.05, 3.63) is 30.4 Å². The quantitative estimate of drug-likeness (QED) is 0.398. The first kappa shape index (κ1) is 27.5. The Hall–Kier alpha value is -3.10. The standard InChI is InChI=1S/C25H31F4N7O3/c1-15(25(27,28)29)36-18-11-21(31-12-17(18)32-22(36)14-39-23-5-3-4-10-38-23)33-20-6-8-30-24(34-20)35-9-7-19(37-2)16(26)13-35/h6,8,11-12,15-16,19,23H,3-5,7,9-10,13-14H2,1-2H3,(H,30,31,33,34). The topological polar surface area (TPSA) is 99.5 Å². The molecule has 2 fully saturated rings. The molecule has 5 rings (SSSR count). The molecular formula is C25H31F4N7O3. The second-order valence-corrected chi connectivity index (χ2v) is 9.67. The van der Waals surface area contributed by atoms with Crippen LogP contribution >= 0.6 is 0 Å². The van der Waals surface area contributed by atoms with Crippen molar-refractivity contribution in [2.45, 2.75) is 70.0 Å². The highest BCUT2D eigenvalue weighted by molar-refractivity contribution is 5.79. The molecule has 4 atom stereocenters. The number of anilines is 3. The van der Waals surface area contributed by atoms with Crippen LogP contribution in [0, 0.1) is 0 Å². The summed E-state index contributed by atoms with van der Waals surface area (Å²) in [5.74, 6) is 1.10. The van der Waals surface area contributed by atoms with Crippen molar-refractivity contribution >= 4 is 28.6 Å². The van der Waals surface area contributed by atoms with E-state index < -0.39 is 30.8 Å². The van der Waals surface area contributed by atoms with Gasteiger partial charge in [0.25, 0.3) is 0 Å². The van der Waals surface area contributed by atoms with E-state index in [9.17, 15) is 17.6 Å². The molecule has 3 aromatic heterocycles. The van der Waals surface area contributed by atoms with Crippen molar-refractivity contribution in [1.82, 2.24) is 24.5 Å². The summed E-state index contributed by atoms with van der Waals surface area (Å²) in [6.45, 7) is 2.13. The molecule has 39 heavy (non-hydrogen) atoms. The van der Waals surface area contributed by atoms with Crippen LogP contribution in [0.25, 0.3) is 11.0 Å². The summed E-state index contributed by atoms with van der Waals surface area (Å²) < 4.78 is 73.5. The fourth-order valence-electron chi connectivity index (χ4n) is 4.84. The van der Waals surface area contributed by atoms with Gasteiger partial charge in [0.1, 0.15) is 41.8 Å². The number of alkyl halides is 4. The summed E-state index contributed by atoms with van der Waals surface area (Å²) >= 11 is 0. The van der Waals surface area contributed by atoms with Gasteiger partial charge in [0.05, 0.1) is 24.4 Å². The number of hydrogen-bond donors (Lipinski definition) is 1. The Bertz CT molecular complexity index is 1270. The predicted octanol–water partition coefficient (Wildman–Crippen LogP) is 4.69. The molecule has 0 amide bonds. The van der Waals surface area contributed by atoms with Crippen LogP contribution in [0.4, 0.5) is 35.1 Å². The van der Waals surface area contributed by atoms with Gasteiger partial charge in [-0.2, -0.15) is 18.2 Å². The van der Waals surface area contributed by atoms with E-state index in [2.05, 4.69) is 25.3 Å². The van der Waals surface area contributed by atoms with Gasteiger partial charge in [0.15, 0.2) is 6.29 Å². The van der Waals surface area contributed by atoms with E-state index in [4.69, 9.17) is 14.2 Å². The van der Waals surface area contributed by atoms with Crippen LogP contribution in [0.5, 0.6) is 0 Å². The van der Waals surface area contributed by atoms with Gasteiger partial charge in [0, 0.05) is 32.5 Å². The summed E-state index contributed by atoms with van der Waals surface area (Å²) in [4.78, 5) is 19.1. The van der Waals surface area contributed by atoms with Crippen LogP contribution < -0.4 is 10.2 Å². The van der Waals surface area contributed by atoms with Crippen LogP contribution in [-0.4, -0.2) is 76.1 Å². The molecule has 0 radical (unpaired) electrons. The molecule has 10 nitrogen and oxygen atoms in total. The van der Waals surface area contributed by atoms with Gasteiger partial charge >= 0.3 is 6.18 Å². The molecule has 0 aliphatic carbocycles. The van der Waals surface area contributed by atoms with Crippen LogP contribution in [0.2, 0.25) is 0 Å². The molecule has 212 valence electrons. The number of halogens is 4. The summed E-state index contributed by atoms with van der Waals surface area (Å²) in [7, 11) is 1.49. The summed E-state index contributed by atoms with van der Waals surface area (Å²) in [5, 5.41) is 3.02. The Balaban J connectivity index is 1.39. The maximum absolute atomic E-state index is 14.4. The van der Waals surface area contributed by atoms with Gasteiger partial charge in [-0.05, 0) is 38.7 Å². The summed E-state index contributed by atoms with van der Waals surface area (Å²) in [5.41, 5.74) is 0.551. The van der Waals surface area contributed by atoms with Crippen LogP contribution in [0.15, 0.2) is 24.5 Å². The number of hydrogen-bond acceptors (Lipinski definition) is 9. The Morgan fingerprint density at radius 1 is 1.18 bits per heavy atom. The number of nitrogens with one attached hydrogen (secondary N) is 1. The van der Waals surface area contributed by atoms with Gasteiger partial charge in [-0.1, -0.05) is 0 Å². The van der Waals surface area contributed by atoms with Crippen LogP contribution in [0.3, 0.4) is 0 Å². The maximum Gasteiger partial charge on any atom is 0.408 e. The van der Waals surface area contributed by atoms with Crippen LogP contribution in [-0.2, 0) is 20.8 Å². The second kappa shape index (κ2) is 11.6. The molecule has 0 bridgehead atoms. The minimum absolute atomic E-state index is 0.0947. The monoisotopic (exact) mass is 553 g/mol. The third kappa shape index (κ3) is 6.23. The second-order valence-electron chi connectivity index (χ2n) is 9.67. The van der Waals surface area contributed by atoms with Gasteiger partial charge < -0.3 is 29.0 Å². The van der Waals surface area contributed by atoms with Crippen LogP contribution in [0.1, 0.15) is 44.5 Å². The Kier molecular flexibility index (Phi) is 8.14. The van der Waals surface area contributed by atoms with Crippen molar-refractivity contribution in [3.8, 4) is 0 Å². The number of rotatable bonds is 8. The van der Waals surface area contributed by atoms with Crippen molar-refractivity contribution in [1.29, 1.82) is 0 Å². The van der Waals surface area contributed by atoms with Gasteiger partial charge in [-0.3, -0.25) is 0 Å². The normalized spacial score (nSPS) is 23.2. The zero-order valence-electron chi connectivity index (χ0n) is 21.7. The highest BCUT2D eigenvalue weighted by Gasteiger charge is 2.39. The maximum atomic E-state index is 14.4. The average molecular weight is 554 g/mol. The number of fused-ring (bicyclic) bond motifs is 1. The van der Waals surface area contributed by atoms with E-state index in [1.54, 1.807) is 11.0 Å². The third-order valence-electron chi connectivity index (χ3n) is 7.01. The van der Waals surface area contributed by atoms with E-state index in [0.29, 0.717) is 43.3 Å². The number of ether oxygens (including phenoxy) is 3. The lowest BCUT2D eigenvalue weighted by Crippen LogP contribution is -2.46. The minimum Gasteiger partial charge on any atom is -0.378 e. The lowest BCUT2D eigenvalue weighted by Gasteiger charge is -2.33. The molecular weight excluding hydrogens is 522 g/mol. The number of methoxy groups -OCH3 is 1. The third-order valence-corrected chi connectivity index (χ3v) is 7.01. The number of imidazole rings is 1. The molecule has 2 aliphatic heterocycles. The molecule has 2 aliphatic rings. The van der Waals surface area contributed by atoms with E-state index >= 15 is 0 Å². The fourth-order valence-corrected chi connectivity index (χ4v) is 4.84. The molecule has 2 saturated heterocycles. The van der Waals surface area contributed by atoms with Crippen molar-refractivity contribution in [2.24, 2.45) is 0 Å². The predicted molar refractivity (Wildman–Crippen MR) is 135 cm³/mol.